The highest BCUT2D eigenvalue weighted by molar-refractivity contribution is 9.10. The Labute approximate surface area is 96.1 Å². The van der Waals surface area contributed by atoms with Gasteiger partial charge in [0, 0.05) is 15.1 Å². The largest absolute Gasteiger partial charge is 0.235 e. The average Bonchev–Trinajstić information content (AvgIpc) is 2.02. The normalized spacial score (nSPS) is 10.9. The van der Waals surface area contributed by atoms with Crippen LogP contribution in [-0.2, 0) is 10.3 Å². The van der Waals surface area contributed by atoms with Crippen molar-refractivity contribution in [2.75, 3.05) is 0 Å². The lowest BCUT2D eigenvalue weighted by Crippen LogP contribution is -2.14. The Hall–Kier alpha value is -0.630. The fraction of sp³-hybridized carbons (Fsp3) is 0.300. The summed E-state index contributed by atoms with van der Waals surface area (Å²) in [5.41, 5.74) is 0.142. The summed E-state index contributed by atoms with van der Waals surface area (Å²) in [6.45, 7) is 3.62. The first-order chi connectivity index (χ1) is 6.49. The van der Waals surface area contributed by atoms with Gasteiger partial charge in [-0.2, -0.15) is 4.99 Å². The Morgan fingerprint density at radius 1 is 1.50 bits per heavy atom. The summed E-state index contributed by atoms with van der Waals surface area (Å²) in [4.78, 5) is 14.0. The van der Waals surface area contributed by atoms with Gasteiger partial charge >= 0.3 is 0 Å². The topological polar surface area (TPSA) is 29.4 Å². The van der Waals surface area contributed by atoms with Crippen LogP contribution in [0.25, 0.3) is 0 Å². The van der Waals surface area contributed by atoms with Crippen molar-refractivity contribution in [1.82, 2.24) is 0 Å². The number of halogens is 2. The molecule has 0 atom stereocenters. The molecule has 0 unspecified atom stereocenters. The maximum atomic E-state index is 10.3. The zero-order valence-electron chi connectivity index (χ0n) is 7.84. The van der Waals surface area contributed by atoms with E-state index in [-0.39, 0.29) is 0 Å². The van der Waals surface area contributed by atoms with Crippen molar-refractivity contribution < 1.29 is 4.79 Å². The Kier molecular flexibility index (Phi) is 3.48. The van der Waals surface area contributed by atoms with Crippen LogP contribution in [0, 0.1) is 0 Å². The number of nitrogens with zero attached hydrogens (tertiary/aromatic N) is 1. The zero-order chi connectivity index (χ0) is 10.8. The minimum atomic E-state index is -0.654. The minimum absolute atomic E-state index is 0.586. The summed E-state index contributed by atoms with van der Waals surface area (Å²) >= 11 is 9.41. The van der Waals surface area contributed by atoms with Gasteiger partial charge in [-0.25, -0.2) is 4.79 Å². The van der Waals surface area contributed by atoms with Gasteiger partial charge in [0.15, 0.2) is 0 Å². The Morgan fingerprint density at radius 2 is 2.14 bits per heavy atom. The van der Waals surface area contributed by atoms with Crippen LogP contribution in [0.2, 0.25) is 5.02 Å². The molecule has 0 fully saturated rings. The molecule has 74 valence electrons. The molecular weight excluding hydrogens is 265 g/mol. The number of carbonyl (C=O) groups excluding carboxylic acids is 1. The second-order valence-electron chi connectivity index (χ2n) is 3.36. The maximum absolute atomic E-state index is 10.3. The van der Waals surface area contributed by atoms with E-state index in [0.29, 0.717) is 5.02 Å². The molecule has 0 amide bonds. The molecular formula is C10H9BrClNO. The maximum Gasteiger partial charge on any atom is 0.235 e. The summed E-state index contributed by atoms with van der Waals surface area (Å²) in [5.74, 6) is 0. The molecule has 0 heterocycles. The summed E-state index contributed by atoms with van der Waals surface area (Å²) < 4.78 is 0.842. The Bertz CT molecular complexity index is 377. The van der Waals surface area contributed by atoms with Gasteiger partial charge in [-0.1, -0.05) is 33.6 Å². The molecule has 2 nitrogen and oxygen atoms in total. The summed E-state index contributed by atoms with van der Waals surface area (Å²) in [6, 6.07) is 5.46. The third-order valence-corrected chi connectivity index (χ3v) is 2.88. The third kappa shape index (κ3) is 2.24. The molecule has 0 aliphatic heterocycles. The van der Waals surface area contributed by atoms with Gasteiger partial charge in [0.2, 0.25) is 6.08 Å². The second-order valence-corrected chi connectivity index (χ2v) is 4.62. The second kappa shape index (κ2) is 4.26. The van der Waals surface area contributed by atoms with Crippen molar-refractivity contribution in [3.8, 4) is 0 Å². The smallest absolute Gasteiger partial charge is 0.211 e. The van der Waals surface area contributed by atoms with E-state index in [1.54, 1.807) is 12.1 Å². The number of benzene rings is 1. The lowest BCUT2D eigenvalue weighted by molar-refractivity contribution is 0.521. The van der Waals surface area contributed by atoms with E-state index >= 15 is 0 Å². The fourth-order valence-electron chi connectivity index (χ4n) is 1.25. The predicted molar refractivity (Wildman–Crippen MR) is 60.3 cm³/mol. The van der Waals surface area contributed by atoms with E-state index in [4.69, 9.17) is 11.6 Å². The van der Waals surface area contributed by atoms with Crippen molar-refractivity contribution in [1.29, 1.82) is 0 Å². The molecule has 0 aliphatic carbocycles. The number of hydrogen-bond acceptors (Lipinski definition) is 2. The molecule has 0 N–H and O–H groups in total. The standard InChI is InChI=1S/C10H9BrClNO/c1-10(2,13-6-14)9-7(11)4-3-5-8(9)12/h3-5H,1-2H3. The quantitative estimate of drug-likeness (QED) is 0.597. The number of isocyanates is 1. The van der Waals surface area contributed by atoms with Gasteiger partial charge in [0.25, 0.3) is 0 Å². The molecule has 0 saturated carbocycles. The van der Waals surface area contributed by atoms with Crippen LogP contribution >= 0.6 is 27.5 Å². The van der Waals surface area contributed by atoms with E-state index in [0.717, 1.165) is 10.0 Å². The first-order valence-corrected chi connectivity index (χ1v) is 5.19. The molecule has 0 saturated heterocycles. The van der Waals surface area contributed by atoms with Crippen LogP contribution in [0.5, 0.6) is 0 Å². The van der Waals surface area contributed by atoms with Gasteiger partial charge in [-0.15, -0.1) is 0 Å². The van der Waals surface area contributed by atoms with E-state index < -0.39 is 5.54 Å². The van der Waals surface area contributed by atoms with Gasteiger partial charge in [-0.3, -0.25) is 0 Å². The van der Waals surface area contributed by atoms with Crippen LogP contribution in [0.1, 0.15) is 19.4 Å². The molecule has 0 aliphatic rings. The first-order valence-electron chi connectivity index (χ1n) is 4.02. The van der Waals surface area contributed by atoms with Crippen LogP contribution < -0.4 is 0 Å². The predicted octanol–water partition coefficient (Wildman–Crippen LogP) is 3.67. The van der Waals surface area contributed by atoms with Gasteiger partial charge in [-0.05, 0) is 26.0 Å². The summed E-state index contributed by atoms with van der Waals surface area (Å²) in [6.07, 6.45) is 1.56. The number of hydrogen-bond donors (Lipinski definition) is 0. The summed E-state index contributed by atoms with van der Waals surface area (Å²) in [7, 11) is 0. The van der Waals surface area contributed by atoms with E-state index in [2.05, 4.69) is 20.9 Å². The highest BCUT2D eigenvalue weighted by atomic mass is 79.9. The SMILES string of the molecule is CC(C)(N=C=O)c1c(Cl)cccc1Br. The van der Waals surface area contributed by atoms with Crippen molar-refractivity contribution in [3.63, 3.8) is 0 Å². The van der Waals surface area contributed by atoms with Crippen molar-refractivity contribution in [3.05, 3.63) is 33.3 Å². The number of aliphatic imine (C=N–C) groups is 1. The van der Waals surface area contributed by atoms with Gasteiger partial charge in [0.1, 0.15) is 0 Å². The summed E-state index contributed by atoms with van der Waals surface area (Å²) in [5, 5.41) is 0.586. The van der Waals surface area contributed by atoms with Crippen LogP contribution in [0.3, 0.4) is 0 Å². The van der Waals surface area contributed by atoms with Crippen LogP contribution in [0.15, 0.2) is 27.7 Å². The zero-order valence-corrected chi connectivity index (χ0v) is 10.2. The van der Waals surface area contributed by atoms with E-state index in [9.17, 15) is 4.79 Å². The molecule has 0 aromatic heterocycles. The highest BCUT2D eigenvalue weighted by Gasteiger charge is 2.24. The minimum Gasteiger partial charge on any atom is -0.211 e. The molecule has 1 aromatic rings. The van der Waals surface area contributed by atoms with E-state index in [1.165, 1.54) is 0 Å². The lowest BCUT2D eigenvalue weighted by atomic mass is 9.95. The van der Waals surface area contributed by atoms with E-state index in [1.807, 2.05) is 26.0 Å². The molecule has 1 rings (SSSR count). The van der Waals surface area contributed by atoms with Crippen LogP contribution in [0.4, 0.5) is 0 Å². The van der Waals surface area contributed by atoms with Crippen molar-refractivity contribution in [2.24, 2.45) is 4.99 Å². The Balaban J connectivity index is 3.37. The first kappa shape index (κ1) is 11.4. The number of rotatable bonds is 2. The molecule has 4 heteroatoms. The highest BCUT2D eigenvalue weighted by Crippen LogP contribution is 2.36. The average molecular weight is 275 g/mol. The molecule has 0 spiro atoms. The molecule has 14 heavy (non-hydrogen) atoms. The third-order valence-electron chi connectivity index (χ3n) is 1.90. The van der Waals surface area contributed by atoms with Crippen molar-refractivity contribution in [2.45, 2.75) is 19.4 Å². The van der Waals surface area contributed by atoms with Gasteiger partial charge < -0.3 is 0 Å². The van der Waals surface area contributed by atoms with Gasteiger partial charge in [0.05, 0.1) is 5.54 Å². The van der Waals surface area contributed by atoms with Crippen LogP contribution in [-0.4, -0.2) is 6.08 Å². The molecule has 1 aromatic carbocycles. The van der Waals surface area contributed by atoms with Crippen molar-refractivity contribution >= 4 is 33.6 Å². The lowest BCUT2D eigenvalue weighted by Gasteiger charge is -2.20. The fourth-order valence-corrected chi connectivity index (χ4v) is 2.62. The molecule has 0 radical (unpaired) electrons. The monoisotopic (exact) mass is 273 g/mol. The molecule has 0 bridgehead atoms. The Morgan fingerprint density at radius 3 is 2.64 bits per heavy atom.